The van der Waals surface area contributed by atoms with Gasteiger partial charge < -0.3 is 14.8 Å². The van der Waals surface area contributed by atoms with Gasteiger partial charge in [0.15, 0.2) is 0 Å². The van der Waals surface area contributed by atoms with Crippen LogP contribution in [0.25, 0.3) is 0 Å². The van der Waals surface area contributed by atoms with Crippen LogP contribution in [0.4, 0.5) is 4.39 Å². The minimum Gasteiger partial charge on any atom is -0.382 e. The Kier molecular flexibility index (Phi) is 11.6. The van der Waals surface area contributed by atoms with Gasteiger partial charge in [-0.3, -0.25) is 4.39 Å². The molecule has 0 rings (SSSR count). The average Bonchev–Trinajstić information content (AvgIpc) is 2.16. The second-order valence-electron chi connectivity index (χ2n) is 2.75. The molecule has 13 heavy (non-hydrogen) atoms. The monoisotopic (exact) mass is 193 g/mol. The maximum atomic E-state index is 11.6. The van der Waals surface area contributed by atoms with E-state index in [1.54, 1.807) is 7.11 Å². The van der Waals surface area contributed by atoms with Crippen LogP contribution in [0.1, 0.15) is 12.8 Å². The molecule has 0 aliphatic rings. The van der Waals surface area contributed by atoms with Crippen LogP contribution in [0.15, 0.2) is 0 Å². The molecule has 0 aromatic heterocycles. The first-order valence-electron chi connectivity index (χ1n) is 4.75. The molecule has 80 valence electrons. The Balaban J connectivity index is 2.76. The number of ether oxygens (including phenoxy) is 2. The number of nitrogens with one attached hydrogen (secondary N) is 1. The summed E-state index contributed by atoms with van der Waals surface area (Å²) in [5, 5.41) is 3.13. The topological polar surface area (TPSA) is 30.5 Å². The lowest BCUT2D eigenvalue weighted by atomic mass is 10.4. The Morgan fingerprint density at radius 3 is 2.54 bits per heavy atom. The molecule has 0 atom stereocenters. The van der Waals surface area contributed by atoms with Crippen LogP contribution in [-0.4, -0.2) is 46.7 Å². The van der Waals surface area contributed by atoms with Gasteiger partial charge in [0.2, 0.25) is 0 Å². The molecule has 0 aromatic rings. The number of methoxy groups -OCH3 is 1. The molecule has 0 aromatic carbocycles. The summed E-state index contributed by atoms with van der Waals surface area (Å²) >= 11 is 0. The molecule has 3 nitrogen and oxygen atoms in total. The minimum atomic E-state index is -0.239. The number of hydrogen-bond acceptors (Lipinski definition) is 3. The predicted molar refractivity (Wildman–Crippen MR) is 50.8 cm³/mol. The van der Waals surface area contributed by atoms with Crippen LogP contribution in [0, 0.1) is 0 Å². The van der Waals surface area contributed by atoms with Crippen molar-refractivity contribution in [3.8, 4) is 0 Å². The van der Waals surface area contributed by atoms with Crippen molar-refractivity contribution in [3.05, 3.63) is 0 Å². The Hall–Kier alpha value is -0.190. The molecular weight excluding hydrogens is 173 g/mol. The lowest BCUT2D eigenvalue weighted by Crippen LogP contribution is -2.18. The van der Waals surface area contributed by atoms with Crippen molar-refractivity contribution in [1.29, 1.82) is 0 Å². The molecule has 0 aliphatic heterocycles. The fourth-order valence-electron chi connectivity index (χ4n) is 0.860. The molecular formula is C9H20FNO2. The molecule has 1 N–H and O–H groups in total. The van der Waals surface area contributed by atoms with Gasteiger partial charge in [-0.05, 0) is 25.9 Å². The highest BCUT2D eigenvalue weighted by molar-refractivity contribution is 4.46. The van der Waals surface area contributed by atoms with Crippen molar-refractivity contribution >= 4 is 0 Å². The van der Waals surface area contributed by atoms with Gasteiger partial charge in [0.05, 0.1) is 19.9 Å². The van der Waals surface area contributed by atoms with Crippen LogP contribution in [0.5, 0.6) is 0 Å². The Morgan fingerprint density at radius 1 is 1.08 bits per heavy atom. The van der Waals surface area contributed by atoms with Gasteiger partial charge in [0.25, 0.3) is 0 Å². The average molecular weight is 193 g/mol. The number of hydrogen-bond donors (Lipinski definition) is 1. The Morgan fingerprint density at radius 2 is 1.85 bits per heavy atom. The van der Waals surface area contributed by atoms with Gasteiger partial charge in [-0.15, -0.1) is 0 Å². The molecule has 0 amide bonds. The van der Waals surface area contributed by atoms with Gasteiger partial charge in [-0.25, -0.2) is 0 Å². The number of halogens is 1. The zero-order valence-electron chi connectivity index (χ0n) is 8.35. The lowest BCUT2D eigenvalue weighted by molar-refractivity contribution is 0.0695. The van der Waals surface area contributed by atoms with E-state index in [4.69, 9.17) is 9.47 Å². The normalized spacial score (nSPS) is 10.6. The SMILES string of the molecule is COCCOCCCNCCCF. The van der Waals surface area contributed by atoms with E-state index < -0.39 is 0 Å². The highest BCUT2D eigenvalue weighted by Crippen LogP contribution is 1.82. The molecule has 0 saturated carbocycles. The van der Waals surface area contributed by atoms with Gasteiger partial charge in [0, 0.05) is 13.7 Å². The maximum Gasteiger partial charge on any atom is 0.0906 e. The van der Waals surface area contributed by atoms with Crippen LogP contribution in [0.3, 0.4) is 0 Å². The highest BCUT2D eigenvalue weighted by atomic mass is 19.1. The van der Waals surface area contributed by atoms with E-state index in [2.05, 4.69) is 5.32 Å². The van der Waals surface area contributed by atoms with E-state index in [0.29, 0.717) is 19.6 Å². The highest BCUT2D eigenvalue weighted by Gasteiger charge is 1.89. The minimum absolute atomic E-state index is 0.239. The molecule has 0 aliphatic carbocycles. The summed E-state index contributed by atoms with van der Waals surface area (Å²) in [5.74, 6) is 0. The molecule has 0 fully saturated rings. The Labute approximate surface area is 79.6 Å². The van der Waals surface area contributed by atoms with E-state index in [1.165, 1.54) is 0 Å². The lowest BCUT2D eigenvalue weighted by Gasteiger charge is -2.04. The van der Waals surface area contributed by atoms with E-state index in [-0.39, 0.29) is 6.67 Å². The van der Waals surface area contributed by atoms with E-state index in [1.807, 2.05) is 0 Å². The van der Waals surface area contributed by atoms with E-state index in [0.717, 1.165) is 26.1 Å². The third-order valence-electron chi connectivity index (χ3n) is 1.56. The van der Waals surface area contributed by atoms with Gasteiger partial charge in [-0.1, -0.05) is 0 Å². The maximum absolute atomic E-state index is 11.6. The second-order valence-corrected chi connectivity index (χ2v) is 2.75. The summed E-state index contributed by atoms with van der Waals surface area (Å²) in [6.45, 7) is 3.46. The quantitative estimate of drug-likeness (QED) is 0.525. The first-order valence-corrected chi connectivity index (χ1v) is 4.75. The summed E-state index contributed by atoms with van der Waals surface area (Å²) in [4.78, 5) is 0. The fraction of sp³-hybridized carbons (Fsp3) is 1.00. The number of alkyl halides is 1. The Bertz CT molecular complexity index is 83.7. The predicted octanol–water partition coefficient (Wildman–Crippen LogP) is 0.989. The first kappa shape index (κ1) is 12.8. The van der Waals surface area contributed by atoms with Crippen LogP contribution in [-0.2, 0) is 9.47 Å². The van der Waals surface area contributed by atoms with Crippen molar-refractivity contribution < 1.29 is 13.9 Å². The largest absolute Gasteiger partial charge is 0.382 e. The first-order chi connectivity index (χ1) is 6.41. The van der Waals surface area contributed by atoms with Crippen molar-refractivity contribution in [2.45, 2.75) is 12.8 Å². The third kappa shape index (κ3) is 11.8. The zero-order chi connectivity index (χ0) is 9.78. The van der Waals surface area contributed by atoms with Crippen molar-refractivity contribution in [2.75, 3.05) is 46.7 Å². The third-order valence-corrected chi connectivity index (χ3v) is 1.56. The summed E-state index contributed by atoms with van der Waals surface area (Å²) < 4.78 is 21.7. The van der Waals surface area contributed by atoms with Crippen LogP contribution in [0.2, 0.25) is 0 Å². The fourth-order valence-corrected chi connectivity index (χ4v) is 0.860. The van der Waals surface area contributed by atoms with Crippen LogP contribution < -0.4 is 5.32 Å². The zero-order valence-corrected chi connectivity index (χ0v) is 8.35. The summed E-state index contributed by atoms with van der Waals surface area (Å²) in [5.41, 5.74) is 0. The molecule has 4 heteroatoms. The molecule has 0 radical (unpaired) electrons. The van der Waals surface area contributed by atoms with Crippen LogP contribution >= 0.6 is 0 Å². The standard InChI is InChI=1S/C9H20FNO2/c1-12-8-9-13-7-3-6-11-5-2-4-10/h11H,2-9H2,1H3. The van der Waals surface area contributed by atoms with E-state index >= 15 is 0 Å². The molecule has 0 saturated heterocycles. The van der Waals surface area contributed by atoms with Crippen molar-refractivity contribution in [1.82, 2.24) is 5.32 Å². The molecule has 0 heterocycles. The van der Waals surface area contributed by atoms with Crippen molar-refractivity contribution in [3.63, 3.8) is 0 Å². The van der Waals surface area contributed by atoms with Crippen molar-refractivity contribution in [2.24, 2.45) is 0 Å². The summed E-state index contributed by atoms with van der Waals surface area (Å²) in [6, 6.07) is 0. The smallest absolute Gasteiger partial charge is 0.0906 e. The second kappa shape index (κ2) is 11.8. The van der Waals surface area contributed by atoms with E-state index in [9.17, 15) is 4.39 Å². The molecule has 0 unspecified atom stereocenters. The van der Waals surface area contributed by atoms with Gasteiger partial charge in [-0.2, -0.15) is 0 Å². The summed E-state index contributed by atoms with van der Waals surface area (Å²) in [7, 11) is 1.65. The summed E-state index contributed by atoms with van der Waals surface area (Å²) in [6.07, 6.45) is 1.57. The molecule has 0 bridgehead atoms. The van der Waals surface area contributed by atoms with Gasteiger partial charge in [0.1, 0.15) is 0 Å². The number of rotatable bonds is 10. The molecule has 0 spiro atoms. The van der Waals surface area contributed by atoms with Gasteiger partial charge >= 0.3 is 0 Å².